The number of nitrogens with zero attached hydrogens (tertiary/aromatic N) is 5. The number of benzene rings is 1. The number of rotatable bonds is 5. The molecule has 1 aliphatic rings. The number of hydrogen-bond donors (Lipinski definition) is 2. The normalized spacial score (nSPS) is 15.5. The number of aromatic hydroxyl groups is 1. The monoisotopic (exact) mass is 452 g/mol. The maximum absolute atomic E-state index is 13.1. The highest BCUT2D eigenvalue weighted by molar-refractivity contribution is 5.94. The molecule has 2 amide bonds. The van der Waals surface area contributed by atoms with Crippen molar-refractivity contribution in [3.63, 3.8) is 0 Å². The molecule has 0 bridgehead atoms. The van der Waals surface area contributed by atoms with E-state index in [9.17, 15) is 23.9 Å². The zero-order valence-electron chi connectivity index (χ0n) is 17.7. The highest BCUT2D eigenvalue weighted by atomic mass is 19.1. The molecule has 11 heteroatoms. The molecule has 170 valence electrons. The second kappa shape index (κ2) is 9.15. The molecule has 4 rings (SSSR count). The van der Waals surface area contributed by atoms with E-state index in [1.54, 1.807) is 6.07 Å². The summed E-state index contributed by atoms with van der Waals surface area (Å²) in [6.07, 6.45) is 4.10. The molecule has 0 radical (unpaired) electrons. The Kier molecular flexibility index (Phi) is 6.11. The van der Waals surface area contributed by atoms with E-state index in [1.807, 2.05) is 0 Å². The molecular formula is C22H21FN6O4. The van der Waals surface area contributed by atoms with Gasteiger partial charge in [0.2, 0.25) is 11.6 Å². The van der Waals surface area contributed by atoms with Crippen LogP contribution in [0.5, 0.6) is 5.75 Å². The van der Waals surface area contributed by atoms with Crippen molar-refractivity contribution in [2.45, 2.75) is 25.4 Å². The molecule has 10 nitrogen and oxygen atoms in total. The van der Waals surface area contributed by atoms with Crippen LogP contribution in [0, 0.1) is 5.82 Å². The Balaban J connectivity index is 1.62. The molecule has 1 saturated heterocycles. The van der Waals surface area contributed by atoms with Crippen LogP contribution in [0.15, 0.2) is 47.5 Å². The Morgan fingerprint density at radius 3 is 2.61 bits per heavy atom. The van der Waals surface area contributed by atoms with Crippen molar-refractivity contribution in [1.29, 1.82) is 0 Å². The molecule has 1 fully saturated rings. The van der Waals surface area contributed by atoms with Crippen LogP contribution in [-0.4, -0.2) is 47.9 Å². The van der Waals surface area contributed by atoms with Crippen LogP contribution < -0.4 is 10.9 Å². The average molecular weight is 452 g/mol. The van der Waals surface area contributed by atoms with Gasteiger partial charge >= 0.3 is 0 Å². The zero-order valence-corrected chi connectivity index (χ0v) is 17.7. The summed E-state index contributed by atoms with van der Waals surface area (Å²) < 4.78 is 14.2. The van der Waals surface area contributed by atoms with Crippen molar-refractivity contribution in [1.82, 2.24) is 29.7 Å². The first-order valence-electron chi connectivity index (χ1n) is 10.3. The summed E-state index contributed by atoms with van der Waals surface area (Å²) >= 11 is 0. The van der Waals surface area contributed by atoms with Crippen LogP contribution in [0.2, 0.25) is 0 Å². The summed E-state index contributed by atoms with van der Waals surface area (Å²) in [4.78, 5) is 52.1. The van der Waals surface area contributed by atoms with Gasteiger partial charge in [0.05, 0.1) is 6.04 Å². The molecule has 2 N–H and O–H groups in total. The van der Waals surface area contributed by atoms with Crippen molar-refractivity contribution in [2.75, 3.05) is 6.54 Å². The van der Waals surface area contributed by atoms with Crippen molar-refractivity contribution >= 4 is 11.8 Å². The Morgan fingerprint density at radius 1 is 1.21 bits per heavy atom. The fourth-order valence-electron chi connectivity index (χ4n) is 3.75. The zero-order chi connectivity index (χ0) is 23.5. The third kappa shape index (κ3) is 4.43. The van der Waals surface area contributed by atoms with Gasteiger partial charge in [0.25, 0.3) is 17.4 Å². The van der Waals surface area contributed by atoms with Crippen LogP contribution in [-0.2, 0) is 13.6 Å². The first-order valence-corrected chi connectivity index (χ1v) is 10.3. The average Bonchev–Trinajstić information content (AvgIpc) is 3.32. The fraction of sp³-hybridized carbons (Fsp3) is 0.273. The van der Waals surface area contributed by atoms with Crippen LogP contribution in [0.3, 0.4) is 0 Å². The maximum atomic E-state index is 13.1. The Hall–Kier alpha value is -4.15. The lowest BCUT2D eigenvalue weighted by Crippen LogP contribution is -2.37. The molecule has 0 aliphatic carbocycles. The second-order valence-corrected chi connectivity index (χ2v) is 7.57. The molecule has 1 unspecified atom stereocenters. The molecule has 0 spiro atoms. The van der Waals surface area contributed by atoms with Gasteiger partial charge in [-0.15, -0.1) is 0 Å². The summed E-state index contributed by atoms with van der Waals surface area (Å²) in [6.45, 7) is 0.453. The molecule has 2 aromatic heterocycles. The molecule has 33 heavy (non-hydrogen) atoms. The predicted octanol–water partition coefficient (Wildman–Crippen LogP) is 1.32. The minimum absolute atomic E-state index is 0.0189. The van der Waals surface area contributed by atoms with E-state index < -0.39 is 40.7 Å². The quantitative estimate of drug-likeness (QED) is 0.597. The van der Waals surface area contributed by atoms with Crippen LogP contribution in [0.1, 0.15) is 51.4 Å². The van der Waals surface area contributed by atoms with Crippen LogP contribution in [0.25, 0.3) is 0 Å². The van der Waals surface area contributed by atoms with E-state index in [0.29, 0.717) is 24.9 Å². The van der Waals surface area contributed by atoms with Crippen molar-refractivity contribution < 1.29 is 19.1 Å². The van der Waals surface area contributed by atoms with E-state index in [2.05, 4.69) is 20.3 Å². The molecule has 1 aliphatic heterocycles. The lowest BCUT2D eigenvalue weighted by Gasteiger charge is -2.25. The number of carbonyl (C=O) groups excluding carboxylic acids is 2. The SMILES string of the molecule is Cn1c(C2CCCN2C(=O)c2ncccn2)nc(C(=O)NCc2ccc(F)cc2)c(O)c1=O. The lowest BCUT2D eigenvalue weighted by molar-refractivity contribution is 0.0714. The number of hydrogen-bond acceptors (Lipinski definition) is 7. The van der Waals surface area contributed by atoms with Gasteiger partial charge < -0.3 is 15.3 Å². The topological polar surface area (TPSA) is 130 Å². The Morgan fingerprint density at radius 2 is 1.91 bits per heavy atom. The van der Waals surface area contributed by atoms with Gasteiger partial charge in [-0.2, -0.15) is 0 Å². The maximum Gasteiger partial charge on any atom is 0.296 e. The molecule has 3 aromatic rings. The minimum atomic E-state index is -0.804. The standard InChI is InChI=1S/C22H21FN6O4/c1-28-19(15-4-2-11-29(15)22(33)18-24-9-3-10-25-18)27-16(17(30)21(28)32)20(31)26-12-13-5-7-14(23)8-6-13/h3,5-10,15,30H,2,4,11-12H2,1H3,(H,26,31). The predicted molar refractivity (Wildman–Crippen MR) is 114 cm³/mol. The second-order valence-electron chi connectivity index (χ2n) is 7.57. The largest absolute Gasteiger partial charge is 0.501 e. The van der Waals surface area contributed by atoms with E-state index in [-0.39, 0.29) is 18.2 Å². The number of amides is 2. The first-order chi connectivity index (χ1) is 15.9. The smallest absolute Gasteiger partial charge is 0.296 e. The fourth-order valence-corrected chi connectivity index (χ4v) is 3.75. The van der Waals surface area contributed by atoms with Crippen molar-refractivity contribution in [2.24, 2.45) is 7.05 Å². The van der Waals surface area contributed by atoms with Crippen LogP contribution >= 0.6 is 0 Å². The van der Waals surface area contributed by atoms with E-state index in [1.165, 1.54) is 48.6 Å². The summed E-state index contributed by atoms with van der Waals surface area (Å²) in [5.41, 5.74) is -0.614. The van der Waals surface area contributed by atoms with Gasteiger partial charge in [-0.25, -0.2) is 19.3 Å². The third-order valence-corrected chi connectivity index (χ3v) is 5.45. The van der Waals surface area contributed by atoms with Gasteiger partial charge in [0.1, 0.15) is 11.6 Å². The van der Waals surface area contributed by atoms with Crippen molar-refractivity contribution in [3.8, 4) is 5.75 Å². The van der Waals surface area contributed by atoms with Gasteiger partial charge in [0, 0.05) is 32.5 Å². The number of carbonyl (C=O) groups is 2. The Bertz CT molecular complexity index is 1250. The third-order valence-electron chi connectivity index (χ3n) is 5.45. The summed E-state index contributed by atoms with van der Waals surface area (Å²) in [5, 5.41) is 12.9. The van der Waals surface area contributed by atoms with E-state index in [0.717, 1.165) is 4.57 Å². The molecule has 1 atom stereocenters. The van der Waals surface area contributed by atoms with Gasteiger partial charge in [-0.05, 0) is 36.6 Å². The molecule has 1 aromatic carbocycles. The molecular weight excluding hydrogens is 431 g/mol. The van der Waals surface area contributed by atoms with Crippen molar-refractivity contribution in [3.05, 3.63) is 81.8 Å². The van der Waals surface area contributed by atoms with Gasteiger partial charge in [-0.3, -0.25) is 19.0 Å². The summed E-state index contributed by atoms with van der Waals surface area (Å²) in [5.74, 6) is -2.19. The van der Waals surface area contributed by atoms with Crippen LogP contribution in [0.4, 0.5) is 4.39 Å². The number of nitrogens with one attached hydrogen (secondary N) is 1. The number of halogens is 1. The first kappa shape index (κ1) is 22.1. The summed E-state index contributed by atoms with van der Waals surface area (Å²) in [6, 6.07) is 6.53. The molecule has 0 saturated carbocycles. The highest BCUT2D eigenvalue weighted by Gasteiger charge is 2.35. The molecule has 3 heterocycles. The minimum Gasteiger partial charge on any atom is -0.501 e. The highest BCUT2D eigenvalue weighted by Crippen LogP contribution is 2.31. The van der Waals surface area contributed by atoms with E-state index >= 15 is 0 Å². The van der Waals surface area contributed by atoms with E-state index in [4.69, 9.17) is 0 Å². The number of likely N-dealkylation sites (tertiary alicyclic amines) is 1. The van der Waals surface area contributed by atoms with Gasteiger partial charge in [0.15, 0.2) is 5.69 Å². The Labute approximate surface area is 187 Å². The summed E-state index contributed by atoms with van der Waals surface area (Å²) in [7, 11) is 1.42. The lowest BCUT2D eigenvalue weighted by atomic mass is 10.2. The number of aromatic nitrogens is 4. The van der Waals surface area contributed by atoms with Gasteiger partial charge in [-0.1, -0.05) is 12.1 Å².